The summed E-state index contributed by atoms with van der Waals surface area (Å²) >= 11 is 0. The predicted octanol–water partition coefficient (Wildman–Crippen LogP) is -1.28. The van der Waals surface area contributed by atoms with Gasteiger partial charge in [0.25, 0.3) is 0 Å². The van der Waals surface area contributed by atoms with Crippen molar-refractivity contribution in [3.05, 3.63) is 5.32 Å². The van der Waals surface area contributed by atoms with Crippen molar-refractivity contribution in [1.29, 1.82) is 0 Å². The second-order valence-corrected chi connectivity index (χ2v) is 3.86. The smallest absolute Gasteiger partial charge is 0.656 e. The van der Waals surface area contributed by atoms with Gasteiger partial charge in [-0.05, 0) is 20.6 Å². The van der Waals surface area contributed by atoms with Crippen LogP contribution in [0.4, 0.5) is 0 Å². The van der Waals surface area contributed by atoms with E-state index in [0.29, 0.717) is 0 Å². The van der Waals surface area contributed by atoms with Crippen LogP contribution in [0.15, 0.2) is 0 Å². The Morgan fingerprint density at radius 3 is 1.91 bits per heavy atom. The third-order valence-electron chi connectivity index (χ3n) is 1.13. The van der Waals surface area contributed by atoms with Crippen LogP contribution in [0.25, 0.3) is 5.32 Å². The molecule has 0 saturated carbocycles. The van der Waals surface area contributed by atoms with Gasteiger partial charge in [-0.1, -0.05) is 20.8 Å². The number of likely N-dealkylation sites (N-methyl/N-ethyl adjacent to an activating group) is 1. The molecule has 11 heavy (non-hydrogen) atoms. The largest absolute Gasteiger partial charge is 1.00 e. The molecular weight excluding hydrogens is 210 g/mol. The van der Waals surface area contributed by atoms with Gasteiger partial charge in [0.2, 0.25) is 0 Å². The number of hydrogen-bond donors (Lipinski definition) is 0. The maximum atomic E-state index is 4.46. The zero-order valence-corrected chi connectivity index (χ0v) is 13.7. The third-order valence-corrected chi connectivity index (χ3v) is 1.13. The molecule has 0 saturated heterocycles. The van der Waals surface area contributed by atoms with Crippen molar-refractivity contribution >= 4 is 0 Å². The summed E-state index contributed by atoms with van der Waals surface area (Å²) in [4.78, 5) is 2.15. The summed E-state index contributed by atoms with van der Waals surface area (Å²) in [6.45, 7) is 8.38. The zero-order valence-electron chi connectivity index (χ0n) is 8.81. The summed E-state index contributed by atoms with van der Waals surface area (Å²) in [5, 5.41) is 4.46. The van der Waals surface area contributed by atoms with Crippen molar-refractivity contribution in [2.45, 2.75) is 26.3 Å². The number of rotatable bonds is 3. The Morgan fingerprint density at radius 1 is 1.18 bits per heavy atom. The summed E-state index contributed by atoms with van der Waals surface area (Å²) in [5.41, 5.74) is 0.135. The van der Waals surface area contributed by atoms with E-state index in [1.807, 2.05) is 0 Å². The first-order valence-electron chi connectivity index (χ1n) is 3.75. The van der Waals surface area contributed by atoms with Crippen molar-refractivity contribution in [2.75, 3.05) is 27.2 Å². The number of nitrogens with zero attached hydrogens (tertiary/aromatic N) is 2. The molecule has 0 aliphatic rings. The van der Waals surface area contributed by atoms with Crippen LogP contribution < -0.4 is 58.2 Å². The zero-order chi connectivity index (χ0) is 8.20. The van der Waals surface area contributed by atoms with Crippen LogP contribution in [0.2, 0.25) is 0 Å². The van der Waals surface area contributed by atoms with Crippen LogP contribution in [0.1, 0.15) is 20.8 Å². The van der Waals surface area contributed by atoms with Crippen LogP contribution in [0.3, 0.4) is 0 Å². The molecule has 0 aromatic heterocycles. The predicted molar refractivity (Wildman–Crippen MR) is 46.5 cm³/mol. The van der Waals surface area contributed by atoms with Crippen LogP contribution in [0, 0.1) is 0 Å². The summed E-state index contributed by atoms with van der Waals surface area (Å²) in [5.74, 6) is 0. The van der Waals surface area contributed by atoms with Gasteiger partial charge in [-0.2, -0.15) is 0 Å². The molecule has 2 nitrogen and oxygen atoms in total. The van der Waals surface area contributed by atoms with Gasteiger partial charge in [0.15, 0.2) is 0 Å². The molecule has 0 amide bonds. The molecule has 62 valence electrons. The number of hydrogen-bond acceptors (Lipinski definition) is 1. The monoisotopic (exact) mass is 228 g/mol. The maximum absolute atomic E-state index is 4.46. The van der Waals surface area contributed by atoms with E-state index in [-0.39, 0.29) is 63.7 Å². The Balaban J connectivity index is 0. The van der Waals surface area contributed by atoms with Crippen LogP contribution >= 0.6 is 0 Å². The normalized spacial score (nSPS) is 11.5. The van der Waals surface area contributed by atoms with Gasteiger partial charge in [0, 0.05) is 0 Å². The standard InChI is InChI=1S/C8H19N2.Rb/c1-8(2,3)9-6-7-10(4)5;/h6-7H2,1-5H3;/q-1;+1. The van der Waals surface area contributed by atoms with Crippen molar-refractivity contribution in [1.82, 2.24) is 4.90 Å². The molecular formula is C8H19N2Rb. The Labute approximate surface area is 120 Å². The fraction of sp³-hybridized carbons (Fsp3) is 1.00. The Morgan fingerprint density at radius 2 is 1.64 bits per heavy atom. The minimum atomic E-state index is 0. The fourth-order valence-corrected chi connectivity index (χ4v) is 0.585. The average molecular weight is 229 g/mol. The fourth-order valence-electron chi connectivity index (χ4n) is 0.585. The van der Waals surface area contributed by atoms with E-state index in [2.05, 4.69) is 45.1 Å². The Kier molecular flexibility index (Phi) is 9.90. The molecule has 0 heterocycles. The van der Waals surface area contributed by atoms with E-state index >= 15 is 0 Å². The minimum absolute atomic E-state index is 0. The summed E-state index contributed by atoms with van der Waals surface area (Å²) in [6.07, 6.45) is 0. The molecule has 0 bridgehead atoms. The van der Waals surface area contributed by atoms with E-state index in [4.69, 9.17) is 0 Å². The summed E-state index contributed by atoms with van der Waals surface area (Å²) in [6, 6.07) is 0. The van der Waals surface area contributed by atoms with Gasteiger partial charge in [-0.15, -0.1) is 12.1 Å². The molecule has 0 aromatic rings. The molecule has 0 aliphatic heterocycles. The molecule has 3 heteroatoms. The van der Waals surface area contributed by atoms with Gasteiger partial charge in [0.1, 0.15) is 0 Å². The van der Waals surface area contributed by atoms with Crippen molar-refractivity contribution < 1.29 is 58.2 Å². The van der Waals surface area contributed by atoms with E-state index < -0.39 is 0 Å². The molecule has 0 atom stereocenters. The molecule has 0 spiro atoms. The minimum Gasteiger partial charge on any atom is -0.656 e. The van der Waals surface area contributed by atoms with Gasteiger partial charge in [-0.25, -0.2) is 0 Å². The third kappa shape index (κ3) is 14.6. The van der Waals surface area contributed by atoms with Gasteiger partial charge >= 0.3 is 58.2 Å². The summed E-state index contributed by atoms with van der Waals surface area (Å²) < 4.78 is 0. The van der Waals surface area contributed by atoms with Crippen LogP contribution in [-0.4, -0.2) is 37.6 Å². The molecule has 0 fully saturated rings. The molecule has 0 unspecified atom stereocenters. The quantitative estimate of drug-likeness (QED) is 0.589. The van der Waals surface area contributed by atoms with E-state index in [9.17, 15) is 0 Å². The first-order chi connectivity index (χ1) is 4.42. The Hall–Kier alpha value is 1.73. The maximum Gasteiger partial charge on any atom is 1.00 e. The van der Waals surface area contributed by atoms with Gasteiger partial charge in [0.05, 0.1) is 0 Å². The van der Waals surface area contributed by atoms with E-state index in [1.165, 1.54) is 0 Å². The van der Waals surface area contributed by atoms with Crippen LogP contribution in [-0.2, 0) is 0 Å². The second kappa shape index (κ2) is 7.16. The molecule has 0 N–H and O–H groups in total. The topological polar surface area (TPSA) is 17.3 Å². The van der Waals surface area contributed by atoms with E-state index in [0.717, 1.165) is 13.1 Å². The SMILES string of the molecule is CN(C)CC[N-]C(C)(C)C.[Rb+]. The molecule has 0 aliphatic carbocycles. The molecule has 0 radical (unpaired) electrons. The molecule has 0 rings (SSSR count). The average Bonchev–Trinajstić information content (AvgIpc) is 1.59. The van der Waals surface area contributed by atoms with Crippen molar-refractivity contribution in [3.8, 4) is 0 Å². The summed E-state index contributed by atoms with van der Waals surface area (Å²) in [7, 11) is 4.14. The van der Waals surface area contributed by atoms with Crippen molar-refractivity contribution in [3.63, 3.8) is 0 Å². The van der Waals surface area contributed by atoms with Gasteiger partial charge < -0.3 is 10.2 Å². The second-order valence-electron chi connectivity index (χ2n) is 3.86. The first-order valence-corrected chi connectivity index (χ1v) is 3.75. The van der Waals surface area contributed by atoms with Crippen molar-refractivity contribution in [2.24, 2.45) is 0 Å². The molecule has 0 aromatic carbocycles. The van der Waals surface area contributed by atoms with Crippen LogP contribution in [0.5, 0.6) is 0 Å². The van der Waals surface area contributed by atoms with Gasteiger partial charge in [-0.3, -0.25) is 0 Å². The first kappa shape index (κ1) is 15.2. The van der Waals surface area contributed by atoms with E-state index in [1.54, 1.807) is 0 Å². The Bertz CT molecular complexity index is 86.6.